The summed E-state index contributed by atoms with van der Waals surface area (Å²) in [5.74, 6) is -1.40. The number of aliphatic hydroxyl groups excluding tert-OH is 1. The topological polar surface area (TPSA) is 78.9 Å². The van der Waals surface area contributed by atoms with Gasteiger partial charge in [-0.25, -0.2) is 4.39 Å². The molecule has 2 N–H and O–H groups in total. The molecular weight excluding hydrogens is 347 g/mol. The van der Waals surface area contributed by atoms with Crippen LogP contribution in [-0.2, 0) is 9.59 Å². The lowest BCUT2D eigenvalue weighted by Gasteiger charge is -2.15. The molecule has 0 saturated carbocycles. The number of ether oxygens (including phenoxy) is 1. The fraction of sp³-hybridized carbons (Fsp3) is 0.231. The van der Waals surface area contributed by atoms with Crippen molar-refractivity contribution < 1.29 is 23.8 Å². The predicted molar refractivity (Wildman–Crippen MR) is 76.2 cm³/mol. The van der Waals surface area contributed by atoms with Crippen molar-refractivity contribution in [3.63, 3.8) is 0 Å². The summed E-state index contributed by atoms with van der Waals surface area (Å²) in [6.07, 6.45) is 1.12. The number of rotatable bonds is 5. The molecule has 0 saturated heterocycles. The molecule has 0 aromatic heterocycles. The van der Waals surface area contributed by atoms with Gasteiger partial charge in [0.2, 0.25) is 0 Å². The monoisotopic (exact) mass is 358 g/mol. The number of imide groups is 1. The summed E-state index contributed by atoms with van der Waals surface area (Å²) in [6, 6.07) is 2.36. The zero-order chi connectivity index (χ0) is 15.6. The Morgan fingerprint density at radius 2 is 2.14 bits per heavy atom. The SMILES string of the molecule is COc1cc(F)cc(Br)c1NC1=CC(=O)N(CCO)C1=O. The van der Waals surface area contributed by atoms with Gasteiger partial charge in [-0.2, -0.15) is 0 Å². The number of aliphatic hydroxyl groups is 1. The molecule has 1 aliphatic rings. The Labute approximate surface area is 128 Å². The van der Waals surface area contributed by atoms with Crippen molar-refractivity contribution in [3.05, 3.63) is 34.2 Å². The second kappa shape index (κ2) is 6.23. The molecule has 1 aliphatic heterocycles. The van der Waals surface area contributed by atoms with Crippen molar-refractivity contribution in [1.29, 1.82) is 0 Å². The third-order valence-corrected chi connectivity index (χ3v) is 3.46. The number of nitrogens with one attached hydrogen (secondary N) is 1. The molecule has 1 heterocycles. The third-order valence-electron chi connectivity index (χ3n) is 2.83. The number of amides is 2. The van der Waals surface area contributed by atoms with Gasteiger partial charge in [-0.1, -0.05) is 0 Å². The average molecular weight is 359 g/mol. The highest BCUT2D eigenvalue weighted by Crippen LogP contribution is 2.35. The number of carbonyl (C=O) groups is 2. The summed E-state index contributed by atoms with van der Waals surface area (Å²) in [6.45, 7) is -0.400. The number of carbonyl (C=O) groups excluding carboxylic acids is 2. The highest BCUT2D eigenvalue weighted by atomic mass is 79.9. The number of anilines is 1. The van der Waals surface area contributed by atoms with Crippen LogP contribution in [0.4, 0.5) is 10.1 Å². The van der Waals surface area contributed by atoms with Crippen molar-refractivity contribution in [1.82, 2.24) is 4.90 Å². The quantitative estimate of drug-likeness (QED) is 0.774. The fourth-order valence-corrected chi connectivity index (χ4v) is 2.39. The van der Waals surface area contributed by atoms with Crippen LogP contribution in [0.25, 0.3) is 0 Å². The van der Waals surface area contributed by atoms with E-state index >= 15 is 0 Å². The molecule has 1 aromatic rings. The van der Waals surface area contributed by atoms with Gasteiger partial charge >= 0.3 is 0 Å². The summed E-state index contributed by atoms with van der Waals surface area (Å²) >= 11 is 3.17. The second-order valence-electron chi connectivity index (χ2n) is 4.17. The Morgan fingerprint density at radius 3 is 2.76 bits per heavy atom. The maximum absolute atomic E-state index is 13.3. The Balaban J connectivity index is 2.29. The van der Waals surface area contributed by atoms with Gasteiger partial charge in [0.05, 0.1) is 25.9 Å². The van der Waals surface area contributed by atoms with E-state index in [0.29, 0.717) is 10.2 Å². The summed E-state index contributed by atoms with van der Waals surface area (Å²) in [4.78, 5) is 24.6. The molecule has 0 fully saturated rings. The van der Waals surface area contributed by atoms with Gasteiger partial charge in [0, 0.05) is 16.6 Å². The van der Waals surface area contributed by atoms with Crippen molar-refractivity contribution in [2.45, 2.75) is 0 Å². The molecular formula is C13H12BrFN2O4. The van der Waals surface area contributed by atoms with E-state index in [-0.39, 0.29) is 24.6 Å². The molecule has 0 aliphatic carbocycles. The van der Waals surface area contributed by atoms with Crippen LogP contribution in [0.5, 0.6) is 5.75 Å². The van der Waals surface area contributed by atoms with E-state index in [4.69, 9.17) is 9.84 Å². The standard InChI is InChI=1S/C13H12BrFN2O4/c1-21-10-5-7(15)4-8(14)12(10)16-9-6-11(19)17(2-3-18)13(9)20/h4-6,16,18H,2-3H2,1H3. The molecule has 0 atom stereocenters. The Morgan fingerprint density at radius 1 is 1.43 bits per heavy atom. The van der Waals surface area contributed by atoms with Gasteiger partial charge < -0.3 is 15.2 Å². The number of methoxy groups -OCH3 is 1. The normalized spacial score (nSPS) is 14.5. The minimum atomic E-state index is -0.563. The number of halogens is 2. The maximum atomic E-state index is 13.3. The summed E-state index contributed by atoms with van der Waals surface area (Å²) < 4.78 is 18.7. The van der Waals surface area contributed by atoms with Gasteiger partial charge in [-0.3, -0.25) is 14.5 Å². The van der Waals surface area contributed by atoms with Crippen LogP contribution in [0.1, 0.15) is 0 Å². The molecule has 21 heavy (non-hydrogen) atoms. The number of nitrogens with zero attached hydrogens (tertiary/aromatic N) is 1. The first kappa shape index (κ1) is 15.5. The molecule has 0 spiro atoms. The first-order valence-corrected chi connectivity index (χ1v) is 6.75. The van der Waals surface area contributed by atoms with Gasteiger partial charge in [-0.15, -0.1) is 0 Å². The van der Waals surface area contributed by atoms with Gasteiger partial charge in [0.15, 0.2) is 0 Å². The van der Waals surface area contributed by atoms with E-state index < -0.39 is 17.6 Å². The molecule has 6 nitrogen and oxygen atoms in total. The molecule has 0 unspecified atom stereocenters. The number of benzene rings is 1. The molecule has 2 rings (SSSR count). The first-order chi connectivity index (χ1) is 9.97. The number of hydrogen-bond acceptors (Lipinski definition) is 5. The molecule has 0 bridgehead atoms. The van der Waals surface area contributed by atoms with Crippen LogP contribution in [0, 0.1) is 5.82 Å². The van der Waals surface area contributed by atoms with Crippen LogP contribution in [-0.4, -0.2) is 42.1 Å². The van der Waals surface area contributed by atoms with Crippen LogP contribution in [0.15, 0.2) is 28.4 Å². The summed E-state index contributed by atoms with van der Waals surface area (Å²) in [5.41, 5.74) is 0.358. The van der Waals surface area contributed by atoms with E-state index in [1.54, 1.807) is 0 Å². The van der Waals surface area contributed by atoms with Crippen molar-refractivity contribution in [3.8, 4) is 5.75 Å². The lowest BCUT2D eigenvalue weighted by atomic mass is 10.2. The second-order valence-corrected chi connectivity index (χ2v) is 5.02. The van der Waals surface area contributed by atoms with E-state index in [1.807, 2.05) is 0 Å². The minimum Gasteiger partial charge on any atom is -0.494 e. The number of β-amino-alcohol motifs (C(OH)–C–C–N with tert-alkyl or cyclic N) is 1. The number of hydrogen-bond donors (Lipinski definition) is 2. The largest absolute Gasteiger partial charge is 0.494 e. The van der Waals surface area contributed by atoms with Crippen LogP contribution in [0.3, 0.4) is 0 Å². The Kier molecular flexibility index (Phi) is 4.59. The van der Waals surface area contributed by atoms with Crippen molar-refractivity contribution in [2.75, 3.05) is 25.6 Å². The molecule has 8 heteroatoms. The molecule has 112 valence electrons. The smallest absolute Gasteiger partial charge is 0.277 e. The van der Waals surface area contributed by atoms with Crippen LogP contribution < -0.4 is 10.1 Å². The highest BCUT2D eigenvalue weighted by Gasteiger charge is 2.31. The summed E-state index contributed by atoms with van der Waals surface area (Å²) in [7, 11) is 1.36. The van der Waals surface area contributed by atoms with Crippen molar-refractivity contribution >= 4 is 33.4 Å². The highest BCUT2D eigenvalue weighted by molar-refractivity contribution is 9.10. The van der Waals surface area contributed by atoms with Crippen LogP contribution >= 0.6 is 15.9 Å². The fourth-order valence-electron chi connectivity index (χ4n) is 1.88. The van der Waals surface area contributed by atoms with Gasteiger partial charge in [-0.05, 0) is 22.0 Å². The zero-order valence-electron chi connectivity index (χ0n) is 11.0. The van der Waals surface area contributed by atoms with Crippen LogP contribution in [0.2, 0.25) is 0 Å². The molecule has 1 aromatic carbocycles. The Hall–Kier alpha value is -1.93. The Bertz CT molecular complexity index is 633. The third kappa shape index (κ3) is 3.06. The van der Waals surface area contributed by atoms with E-state index in [1.165, 1.54) is 13.2 Å². The van der Waals surface area contributed by atoms with E-state index in [2.05, 4.69) is 21.2 Å². The van der Waals surface area contributed by atoms with E-state index in [9.17, 15) is 14.0 Å². The van der Waals surface area contributed by atoms with Gasteiger partial charge in [0.25, 0.3) is 11.8 Å². The summed E-state index contributed by atoms with van der Waals surface area (Å²) in [5, 5.41) is 11.6. The van der Waals surface area contributed by atoms with Gasteiger partial charge in [0.1, 0.15) is 17.3 Å². The molecule has 0 radical (unpaired) electrons. The maximum Gasteiger partial charge on any atom is 0.277 e. The average Bonchev–Trinajstić information content (AvgIpc) is 2.69. The lowest BCUT2D eigenvalue weighted by molar-refractivity contribution is -0.137. The first-order valence-electron chi connectivity index (χ1n) is 5.96. The predicted octanol–water partition coefficient (Wildman–Crippen LogP) is 1.25. The van der Waals surface area contributed by atoms with Crippen molar-refractivity contribution in [2.24, 2.45) is 0 Å². The lowest BCUT2D eigenvalue weighted by Crippen LogP contribution is -2.34. The minimum absolute atomic E-state index is 0.0269. The van der Waals surface area contributed by atoms with E-state index in [0.717, 1.165) is 17.0 Å². The molecule has 2 amide bonds. The zero-order valence-corrected chi connectivity index (χ0v) is 12.6.